The van der Waals surface area contributed by atoms with Crippen LogP contribution < -0.4 is 0 Å². The number of fused-ring (bicyclic) bond motifs is 1. The molecule has 0 unspecified atom stereocenters. The van der Waals surface area contributed by atoms with E-state index in [1.165, 1.54) is 0 Å². The number of carbonyl (C=O) groups is 2. The lowest BCUT2D eigenvalue weighted by molar-refractivity contribution is -0.175. The van der Waals surface area contributed by atoms with Crippen LogP contribution in [-0.4, -0.2) is 11.9 Å². The third kappa shape index (κ3) is 4.05. The van der Waals surface area contributed by atoms with E-state index in [1.54, 1.807) is 0 Å². The van der Waals surface area contributed by atoms with Crippen molar-refractivity contribution >= 4 is 18.0 Å². The molecule has 172 valence electrons. The molecule has 4 nitrogen and oxygen atoms in total. The summed E-state index contributed by atoms with van der Waals surface area (Å²) in [7, 11) is 0. The average Bonchev–Trinajstić information content (AvgIpc) is 3.52. The number of ether oxygens (including phenoxy) is 2. The molecule has 4 heteroatoms. The molecule has 5 rings (SSSR count). The summed E-state index contributed by atoms with van der Waals surface area (Å²) in [4.78, 5) is 27.2. The zero-order valence-electron chi connectivity index (χ0n) is 19.3. The summed E-state index contributed by atoms with van der Waals surface area (Å²) in [6.07, 6.45) is 3.22. The van der Waals surface area contributed by atoms with E-state index in [2.05, 4.69) is 13.0 Å². The number of allylic oxidation sites excluding steroid dienone is 1. The first-order valence-corrected chi connectivity index (χ1v) is 11.7. The molecule has 0 bridgehead atoms. The van der Waals surface area contributed by atoms with E-state index < -0.39 is 17.4 Å². The molecule has 0 spiro atoms. The standard InChI is InChI=1S/C30H28O4/c1-29-19-26(29)30(18-25(29)17-22-11-5-2-6-12-22,27(31)33-20-23-13-7-3-8-14-23)28(32)34-21-24-15-9-4-10-16-24/h2-17,26H,18-21H2,1H3/b25-17+/t26-,29-/m0/s1. The Balaban J connectivity index is 1.43. The van der Waals surface area contributed by atoms with Gasteiger partial charge in [-0.15, -0.1) is 0 Å². The van der Waals surface area contributed by atoms with Gasteiger partial charge in [0.05, 0.1) is 0 Å². The molecule has 0 amide bonds. The van der Waals surface area contributed by atoms with Crippen LogP contribution in [-0.2, 0) is 32.3 Å². The summed E-state index contributed by atoms with van der Waals surface area (Å²) in [5.74, 6) is -1.10. The smallest absolute Gasteiger partial charge is 0.324 e. The van der Waals surface area contributed by atoms with Crippen molar-refractivity contribution in [1.82, 2.24) is 0 Å². The van der Waals surface area contributed by atoms with Crippen molar-refractivity contribution in [3.8, 4) is 0 Å². The van der Waals surface area contributed by atoms with Gasteiger partial charge >= 0.3 is 11.9 Å². The first-order chi connectivity index (χ1) is 16.5. The van der Waals surface area contributed by atoms with Crippen molar-refractivity contribution in [2.45, 2.75) is 33.0 Å². The quantitative estimate of drug-likeness (QED) is 0.327. The summed E-state index contributed by atoms with van der Waals surface area (Å²) in [6, 6.07) is 29.1. The molecule has 2 aliphatic rings. The summed E-state index contributed by atoms with van der Waals surface area (Å²) in [5.41, 5.74) is 2.43. The highest BCUT2D eigenvalue weighted by atomic mass is 16.6. The lowest BCUT2D eigenvalue weighted by atomic mass is 9.81. The fraction of sp³-hybridized carbons (Fsp3) is 0.267. The lowest BCUT2D eigenvalue weighted by Crippen LogP contribution is -2.42. The Morgan fingerprint density at radius 2 is 1.26 bits per heavy atom. The van der Waals surface area contributed by atoms with Gasteiger partial charge in [-0.05, 0) is 40.9 Å². The van der Waals surface area contributed by atoms with E-state index in [0.717, 1.165) is 28.7 Å². The molecule has 2 fully saturated rings. The normalized spacial score (nSPS) is 23.2. The second-order valence-corrected chi connectivity index (χ2v) is 9.53. The first kappa shape index (κ1) is 22.1. The summed E-state index contributed by atoms with van der Waals surface area (Å²) >= 11 is 0. The van der Waals surface area contributed by atoms with Crippen LogP contribution in [0.5, 0.6) is 0 Å². The Hall–Kier alpha value is -3.66. The fourth-order valence-corrected chi connectivity index (χ4v) is 5.25. The molecule has 34 heavy (non-hydrogen) atoms. The maximum Gasteiger partial charge on any atom is 0.324 e. The molecule has 2 atom stereocenters. The molecule has 0 aromatic heterocycles. The zero-order valence-corrected chi connectivity index (χ0v) is 19.3. The van der Waals surface area contributed by atoms with Gasteiger partial charge in [0, 0.05) is 0 Å². The van der Waals surface area contributed by atoms with E-state index >= 15 is 0 Å². The van der Waals surface area contributed by atoms with Crippen LogP contribution in [0, 0.1) is 16.7 Å². The molecule has 0 aliphatic heterocycles. The Morgan fingerprint density at radius 1 is 0.794 bits per heavy atom. The number of hydrogen-bond acceptors (Lipinski definition) is 4. The van der Waals surface area contributed by atoms with Gasteiger partial charge in [0.15, 0.2) is 5.41 Å². The van der Waals surface area contributed by atoms with Crippen molar-refractivity contribution in [2.24, 2.45) is 16.7 Å². The number of rotatable bonds is 7. The Bertz CT molecular complexity index is 1140. The number of carbonyl (C=O) groups excluding carboxylic acids is 2. The maximum atomic E-state index is 13.6. The van der Waals surface area contributed by atoms with Crippen LogP contribution in [0.2, 0.25) is 0 Å². The topological polar surface area (TPSA) is 52.6 Å². The molecule has 0 radical (unpaired) electrons. The van der Waals surface area contributed by atoms with Gasteiger partial charge in [0.1, 0.15) is 13.2 Å². The van der Waals surface area contributed by atoms with E-state index in [9.17, 15) is 9.59 Å². The third-order valence-corrected chi connectivity index (χ3v) is 7.33. The van der Waals surface area contributed by atoms with Gasteiger partial charge in [-0.2, -0.15) is 0 Å². The highest BCUT2D eigenvalue weighted by molar-refractivity contribution is 6.03. The number of benzene rings is 3. The Kier molecular flexibility index (Phi) is 5.82. The largest absolute Gasteiger partial charge is 0.460 e. The van der Waals surface area contributed by atoms with Crippen molar-refractivity contribution in [3.63, 3.8) is 0 Å². The van der Waals surface area contributed by atoms with Gasteiger partial charge in [-0.25, -0.2) is 0 Å². The van der Waals surface area contributed by atoms with Crippen LogP contribution in [0.15, 0.2) is 96.6 Å². The highest BCUT2D eigenvalue weighted by Gasteiger charge is 2.75. The van der Waals surface area contributed by atoms with Crippen molar-refractivity contribution in [3.05, 3.63) is 113 Å². The molecule has 0 heterocycles. The third-order valence-electron chi connectivity index (χ3n) is 7.33. The number of esters is 2. The Labute approximate surface area is 200 Å². The molecular weight excluding hydrogens is 424 g/mol. The van der Waals surface area contributed by atoms with E-state index in [-0.39, 0.29) is 24.5 Å². The highest BCUT2D eigenvalue weighted by Crippen LogP contribution is 2.74. The molecule has 0 saturated heterocycles. The van der Waals surface area contributed by atoms with Crippen molar-refractivity contribution in [1.29, 1.82) is 0 Å². The monoisotopic (exact) mass is 452 g/mol. The molecule has 3 aromatic rings. The fourth-order valence-electron chi connectivity index (χ4n) is 5.25. The van der Waals surface area contributed by atoms with E-state index in [0.29, 0.717) is 6.42 Å². The minimum absolute atomic E-state index is 0.124. The van der Waals surface area contributed by atoms with Gasteiger partial charge < -0.3 is 9.47 Å². The summed E-state index contributed by atoms with van der Waals surface area (Å²) < 4.78 is 11.5. The van der Waals surface area contributed by atoms with Gasteiger partial charge in [0.25, 0.3) is 0 Å². The summed E-state index contributed by atoms with van der Waals surface area (Å²) in [5, 5.41) is 0. The molecule has 2 aliphatic carbocycles. The van der Waals surface area contributed by atoms with Crippen LogP contribution in [0.3, 0.4) is 0 Å². The Morgan fingerprint density at radius 3 is 1.76 bits per heavy atom. The zero-order chi connectivity index (χ0) is 23.6. The average molecular weight is 453 g/mol. The van der Waals surface area contributed by atoms with E-state index in [4.69, 9.17) is 9.47 Å². The molecular formula is C30H28O4. The van der Waals surface area contributed by atoms with Crippen molar-refractivity contribution < 1.29 is 19.1 Å². The molecule has 2 saturated carbocycles. The first-order valence-electron chi connectivity index (χ1n) is 11.7. The summed E-state index contributed by atoms with van der Waals surface area (Å²) in [6.45, 7) is 2.41. The van der Waals surface area contributed by atoms with Crippen LogP contribution in [0.4, 0.5) is 0 Å². The van der Waals surface area contributed by atoms with Gasteiger partial charge in [-0.1, -0.05) is 110 Å². The molecule has 3 aromatic carbocycles. The minimum Gasteiger partial charge on any atom is -0.460 e. The van der Waals surface area contributed by atoms with Gasteiger partial charge in [-0.3, -0.25) is 9.59 Å². The SMILES string of the molecule is C[C@@]12C[C@@H]1C(C(=O)OCc1ccccc1)(C(=O)OCc1ccccc1)C/C2=C\c1ccccc1. The predicted octanol–water partition coefficient (Wildman–Crippen LogP) is 5.97. The van der Waals surface area contributed by atoms with E-state index in [1.807, 2.05) is 91.0 Å². The minimum atomic E-state index is -1.32. The van der Waals surface area contributed by atoms with Gasteiger partial charge in [0.2, 0.25) is 0 Å². The predicted molar refractivity (Wildman–Crippen MR) is 130 cm³/mol. The van der Waals surface area contributed by atoms with Crippen LogP contribution in [0.25, 0.3) is 6.08 Å². The number of hydrogen-bond donors (Lipinski definition) is 0. The second-order valence-electron chi connectivity index (χ2n) is 9.53. The second kappa shape index (κ2) is 8.94. The maximum absolute atomic E-state index is 13.6. The molecule has 0 N–H and O–H groups in total. The van der Waals surface area contributed by atoms with Crippen molar-refractivity contribution in [2.75, 3.05) is 0 Å². The van der Waals surface area contributed by atoms with Crippen LogP contribution in [0.1, 0.15) is 36.5 Å². The van der Waals surface area contributed by atoms with Crippen LogP contribution >= 0.6 is 0 Å². The lowest BCUT2D eigenvalue weighted by Gasteiger charge is -2.27.